The molecule has 6 aromatic heterocycles. The summed E-state index contributed by atoms with van der Waals surface area (Å²) in [6.45, 7) is 30.4. The summed E-state index contributed by atoms with van der Waals surface area (Å²) < 4.78 is 26.2. The molecule has 0 aliphatic carbocycles. The highest BCUT2D eigenvalue weighted by atomic mass is 16.5. The van der Waals surface area contributed by atoms with Gasteiger partial charge in [-0.15, -0.1) is 0 Å². The van der Waals surface area contributed by atoms with Crippen molar-refractivity contribution in [1.29, 1.82) is 0 Å². The lowest BCUT2D eigenvalue weighted by atomic mass is 10.1. The number of nitrogens with zero attached hydrogens (tertiary/aromatic N) is 9. The quantitative estimate of drug-likeness (QED) is 0.0752. The molecule has 0 bridgehead atoms. The SMILES string of the molecule is CC.CC[n+]1ccc(C)cc1.CC[n+]1cccc(C)c1.COC(c1ccc(C)cc1)[N+](C)(C)C.COC(c1ccc(C)cc1)[n+]1ccccc1.C[NH3+].Cc1cc[n+](C)cc1.Cc1ccc(-[n+]2ccccc2)cc1.Cc1ccc(C[N+](C)(C)C)cc1.Cc1ccc([N+](C)(C)C)cc1.Cc1ccc[n+](C)c1. The van der Waals surface area contributed by atoms with Crippen molar-refractivity contribution in [3.05, 3.63) is 347 Å². The van der Waals surface area contributed by atoms with Crippen molar-refractivity contribution in [2.24, 2.45) is 14.1 Å². The Morgan fingerprint density at radius 1 is 0.356 bits per heavy atom. The van der Waals surface area contributed by atoms with Crippen molar-refractivity contribution < 1.29 is 51.6 Å². The first-order valence-electron chi connectivity index (χ1n) is 36.5. The molecular formula is C92H138N10O2+10. The van der Waals surface area contributed by atoms with Gasteiger partial charge in [0.15, 0.2) is 74.4 Å². The molecule has 0 aliphatic heterocycles. The third-order valence-corrected chi connectivity index (χ3v) is 15.5. The van der Waals surface area contributed by atoms with Crippen LogP contribution in [-0.4, -0.2) is 93.7 Å². The summed E-state index contributed by atoms with van der Waals surface area (Å²) in [6, 6.07) is 71.6. The van der Waals surface area contributed by atoms with Crippen LogP contribution < -0.4 is 37.6 Å². The predicted octanol–water partition coefficient (Wildman–Crippen LogP) is 15.6. The van der Waals surface area contributed by atoms with Gasteiger partial charge in [0.05, 0.1) is 70.5 Å². The van der Waals surface area contributed by atoms with Crippen molar-refractivity contribution in [3.63, 3.8) is 0 Å². The van der Waals surface area contributed by atoms with Crippen LogP contribution in [0.4, 0.5) is 5.69 Å². The smallest absolute Gasteiger partial charge is 0.289 e. The van der Waals surface area contributed by atoms with Gasteiger partial charge in [0.2, 0.25) is 11.9 Å². The van der Waals surface area contributed by atoms with Gasteiger partial charge in [-0.25, -0.2) is 18.3 Å². The average molecular weight is 1420 g/mol. The minimum atomic E-state index is -0.0539. The van der Waals surface area contributed by atoms with Gasteiger partial charge in [0, 0.05) is 115 Å². The number of ether oxygens (including phenoxy) is 2. The molecule has 104 heavy (non-hydrogen) atoms. The third kappa shape index (κ3) is 41.2. The molecular weight excluding hydrogens is 1280 g/mol. The van der Waals surface area contributed by atoms with Gasteiger partial charge in [0.25, 0.3) is 6.23 Å². The first-order chi connectivity index (χ1) is 49.3. The first-order valence-corrected chi connectivity index (χ1v) is 36.5. The van der Waals surface area contributed by atoms with Gasteiger partial charge in [-0.1, -0.05) is 139 Å². The van der Waals surface area contributed by atoms with Crippen molar-refractivity contribution in [3.8, 4) is 5.69 Å². The molecule has 0 aliphatic rings. The lowest BCUT2D eigenvalue weighted by Gasteiger charge is -2.32. The van der Waals surface area contributed by atoms with E-state index in [9.17, 15) is 0 Å². The summed E-state index contributed by atoms with van der Waals surface area (Å²) in [5, 5.41) is 0. The van der Waals surface area contributed by atoms with Crippen molar-refractivity contribution >= 4 is 5.69 Å². The fourth-order valence-corrected chi connectivity index (χ4v) is 9.79. The molecule has 0 saturated heterocycles. The van der Waals surface area contributed by atoms with E-state index in [-0.39, 0.29) is 12.5 Å². The minimum absolute atomic E-state index is 0.0539. The molecule has 5 aromatic carbocycles. The number of rotatable bonds is 12. The van der Waals surface area contributed by atoms with E-state index in [1.165, 1.54) is 72.6 Å². The zero-order valence-corrected chi connectivity index (χ0v) is 69.4. The highest BCUT2D eigenvalue weighted by molar-refractivity contribution is 5.42. The second-order valence-corrected chi connectivity index (χ2v) is 28.3. The molecule has 12 nitrogen and oxygen atoms in total. The molecule has 2 atom stereocenters. The Kier molecular flexibility index (Phi) is 45.5. The zero-order chi connectivity index (χ0) is 78.3. The molecule has 2 unspecified atom stereocenters. The molecule has 12 heteroatoms. The molecule has 0 spiro atoms. The largest absolute Gasteiger partial charge is 0.360 e. The molecule has 0 amide bonds. The standard InChI is InChI=1S/C14H16NO.C12H20NO.C12H12N.C11H18N.C10H16N.2C8H12N.2C7H10N.C2H6.CH5N/c1-12-6-8-13(9-7-12)14(16-2)15-10-4-3-5-11-15;1-10-6-8-11(9-7-10)12(14-5)13(2,3)4;1-11-5-7-12(8-6-11)13-9-3-2-4-10-13;1-10-5-7-11(8-6-10)9-12(2,3)4;1-9-5-7-10(8-6-9)11(2,3)4;1-3-9-6-4-8(2)5-7-9;1-3-9-6-4-5-8(2)7-9;1-7-3-5-8(2)6-4-7;1-7-4-3-5-8(2)6-7;2*1-2/h3-11,14H,1-2H3;6-9,12H,1-5H3;2-10H,1H3;5-8H,9H2,1-4H3;5-8H,1-4H3;2*4-7H,3H2,1-2H3;2*3-6H,1-2H3;1-2H3;2H2,1H3/q9*+1;;/p+1. The lowest BCUT2D eigenvalue weighted by molar-refractivity contribution is -0.926. The number of pyridine rings is 6. The van der Waals surface area contributed by atoms with Crippen molar-refractivity contribution in [2.45, 2.75) is 122 Å². The number of methoxy groups -OCH3 is 2. The summed E-state index contributed by atoms with van der Waals surface area (Å²) in [5.74, 6) is 0. The number of hydrogen-bond donors (Lipinski definition) is 1. The van der Waals surface area contributed by atoms with Crippen LogP contribution >= 0.6 is 0 Å². The fourth-order valence-electron chi connectivity index (χ4n) is 9.79. The molecule has 0 radical (unpaired) electrons. The normalized spacial score (nSPS) is 10.8. The summed E-state index contributed by atoms with van der Waals surface area (Å²) in [7, 11) is 28.8. The Hall–Kier alpha value is -9.24. The average Bonchev–Trinajstić information content (AvgIpc) is 0.858. The molecule has 0 saturated carbocycles. The molecule has 6 heterocycles. The van der Waals surface area contributed by atoms with Crippen LogP contribution in [0, 0.1) is 62.3 Å². The van der Waals surface area contributed by atoms with Crippen LogP contribution in [0.15, 0.2) is 281 Å². The van der Waals surface area contributed by atoms with Gasteiger partial charge in [-0.3, -0.25) is 4.48 Å². The van der Waals surface area contributed by atoms with Crippen LogP contribution in [0.2, 0.25) is 0 Å². The molecule has 11 aromatic rings. The van der Waals surface area contributed by atoms with E-state index >= 15 is 0 Å². The number of aromatic nitrogens is 6. The number of benzene rings is 5. The minimum Gasteiger partial charge on any atom is -0.360 e. The maximum Gasteiger partial charge on any atom is 0.289 e. The molecule has 0 fully saturated rings. The molecule has 3 N–H and O–H groups in total. The van der Waals surface area contributed by atoms with Crippen molar-refractivity contribution in [2.75, 3.05) is 84.7 Å². The number of hydrogen-bond acceptors (Lipinski definition) is 2. The van der Waals surface area contributed by atoms with Crippen LogP contribution in [0.1, 0.15) is 107 Å². The maximum absolute atomic E-state index is 5.53. The Bertz CT molecular complexity index is 3890. The molecule has 11 rings (SSSR count). The highest BCUT2D eigenvalue weighted by Crippen LogP contribution is 2.24. The van der Waals surface area contributed by atoms with Gasteiger partial charge in [-0.05, 0) is 124 Å². The Labute approximate surface area is 632 Å². The Balaban J connectivity index is 0.000000586. The lowest BCUT2D eigenvalue weighted by Crippen LogP contribution is -2.40. The van der Waals surface area contributed by atoms with E-state index in [1.807, 2.05) is 127 Å². The van der Waals surface area contributed by atoms with E-state index in [4.69, 9.17) is 9.47 Å². The van der Waals surface area contributed by atoms with E-state index in [2.05, 4.69) is 354 Å². The maximum atomic E-state index is 5.53. The van der Waals surface area contributed by atoms with Crippen LogP contribution in [0.25, 0.3) is 5.69 Å². The summed E-state index contributed by atoms with van der Waals surface area (Å²) in [5.41, 5.74) is 21.3. The summed E-state index contributed by atoms with van der Waals surface area (Å²) in [4.78, 5) is 0. The molecule has 558 valence electrons. The third-order valence-electron chi connectivity index (χ3n) is 15.5. The van der Waals surface area contributed by atoms with Crippen molar-refractivity contribution in [1.82, 2.24) is 4.48 Å². The fraction of sp³-hybridized carbons (Fsp3) is 0.348. The van der Waals surface area contributed by atoms with Gasteiger partial charge < -0.3 is 24.2 Å². The van der Waals surface area contributed by atoms with E-state index in [1.54, 1.807) is 21.3 Å². The first kappa shape index (κ1) is 92.8. The van der Waals surface area contributed by atoms with E-state index in [0.29, 0.717) is 0 Å². The second kappa shape index (κ2) is 51.0. The van der Waals surface area contributed by atoms with Crippen LogP contribution in [0.3, 0.4) is 0 Å². The number of aryl methyl sites for hydroxylation is 13. The topological polar surface area (TPSA) is 69.4 Å². The van der Waals surface area contributed by atoms with E-state index < -0.39 is 0 Å². The summed E-state index contributed by atoms with van der Waals surface area (Å²) in [6.07, 6.45) is 24.7. The Morgan fingerprint density at radius 3 is 1.10 bits per heavy atom. The van der Waals surface area contributed by atoms with Crippen LogP contribution in [-0.2, 0) is 43.2 Å². The van der Waals surface area contributed by atoms with Gasteiger partial charge >= 0.3 is 0 Å². The highest BCUT2D eigenvalue weighted by Gasteiger charge is 2.25. The number of quaternary nitrogens is 4. The Morgan fingerprint density at radius 2 is 0.740 bits per heavy atom. The predicted molar refractivity (Wildman–Crippen MR) is 437 cm³/mol. The second-order valence-electron chi connectivity index (χ2n) is 28.3. The van der Waals surface area contributed by atoms with Gasteiger partial charge in [-0.2, -0.15) is 9.13 Å². The van der Waals surface area contributed by atoms with E-state index in [0.717, 1.165) is 38.6 Å². The summed E-state index contributed by atoms with van der Waals surface area (Å²) >= 11 is 0. The van der Waals surface area contributed by atoms with Gasteiger partial charge in [0.1, 0.15) is 39.4 Å². The van der Waals surface area contributed by atoms with Crippen LogP contribution in [0.5, 0.6) is 0 Å². The monoisotopic (exact) mass is 1420 g/mol. The zero-order valence-electron chi connectivity index (χ0n) is 69.4.